The van der Waals surface area contributed by atoms with Gasteiger partial charge in [0.05, 0.1) is 16.2 Å². The van der Waals surface area contributed by atoms with E-state index in [4.69, 9.17) is 0 Å². The molecule has 0 saturated carbocycles. The van der Waals surface area contributed by atoms with Crippen molar-refractivity contribution in [3.63, 3.8) is 0 Å². The van der Waals surface area contributed by atoms with Crippen LogP contribution < -0.4 is 5.32 Å². The second-order valence-electron chi connectivity index (χ2n) is 5.09. The van der Waals surface area contributed by atoms with E-state index >= 15 is 0 Å². The van der Waals surface area contributed by atoms with Gasteiger partial charge >= 0.3 is 6.18 Å². The van der Waals surface area contributed by atoms with Crippen molar-refractivity contribution in [2.24, 2.45) is 0 Å². The Labute approximate surface area is 142 Å². The number of carbonyl (C=O) groups is 1. The summed E-state index contributed by atoms with van der Waals surface area (Å²) in [4.78, 5) is 19.6. The average Bonchev–Trinajstić information content (AvgIpc) is 2.53. The Balaban J connectivity index is 2.41. The molecule has 10 heteroatoms. The van der Waals surface area contributed by atoms with E-state index in [1.165, 1.54) is 32.2 Å². The summed E-state index contributed by atoms with van der Waals surface area (Å²) in [7, 11) is -3.73. The van der Waals surface area contributed by atoms with Crippen LogP contribution in [0.15, 0.2) is 35.4 Å². The van der Waals surface area contributed by atoms with Crippen LogP contribution in [-0.4, -0.2) is 30.0 Å². The molecule has 6 nitrogen and oxygen atoms in total. The Hall–Kier alpha value is -2.49. The highest BCUT2D eigenvalue weighted by Gasteiger charge is 2.31. The van der Waals surface area contributed by atoms with Gasteiger partial charge in [-0.05, 0) is 31.2 Å². The maximum atomic E-state index is 12.8. The summed E-state index contributed by atoms with van der Waals surface area (Å²) < 4.78 is 62.6. The Kier molecular flexibility index (Phi) is 5.12. The number of aryl methyl sites for hydroxylation is 1. The quantitative estimate of drug-likeness (QED) is 0.890. The number of nitrogens with one attached hydrogen (secondary N) is 1. The third kappa shape index (κ3) is 4.32. The monoisotopic (exact) mass is 373 g/mol. The van der Waals surface area contributed by atoms with Gasteiger partial charge in [-0.25, -0.2) is 18.4 Å². The summed E-state index contributed by atoms with van der Waals surface area (Å²) in [5, 5.41) is 2.17. The van der Waals surface area contributed by atoms with Crippen LogP contribution in [0.4, 0.5) is 19.0 Å². The van der Waals surface area contributed by atoms with Gasteiger partial charge in [0.1, 0.15) is 11.5 Å². The molecule has 2 rings (SSSR count). The lowest BCUT2D eigenvalue weighted by Gasteiger charge is -2.12. The lowest BCUT2D eigenvalue weighted by atomic mass is 10.2. The minimum Gasteiger partial charge on any atom is -0.305 e. The molecule has 0 spiro atoms. The van der Waals surface area contributed by atoms with Crippen LogP contribution in [0.2, 0.25) is 0 Å². The summed E-state index contributed by atoms with van der Waals surface area (Å²) in [6.07, 6.45) is -3.39. The second-order valence-corrected chi connectivity index (χ2v) is 7.33. The summed E-state index contributed by atoms with van der Waals surface area (Å²) in [6.45, 7) is 2.75. The molecule has 2 aromatic heterocycles. The number of hydrogen-bond donors (Lipinski definition) is 1. The maximum Gasteiger partial charge on any atom is 0.416 e. The molecule has 0 aliphatic carbocycles. The largest absolute Gasteiger partial charge is 0.416 e. The van der Waals surface area contributed by atoms with Gasteiger partial charge in [-0.1, -0.05) is 6.92 Å². The number of alkyl halides is 3. The predicted octanol–water partition coefficient (Wildman–Crippen LogP) is 2.85. The Bertz CT molecular complexity index is 912. The fourth-order valence-electron chi connectivity index (χ4n) is 2.04. The van der Waals surface area contributed by atoms with Gasteiger partial charge < -0.3 is 5.32 Å². The van der Waals surface area contributed by atoms with Crippen LogP contribution >= 0.6 is 0 Å². The summed E-state index contributed by atoms with van der Waals surface area (Å²) in [5.41, 5.74) is -1.33. The molecule has 2 heterocycles. The van der Waals surface area contributed by atoms with Crippen LogP contribution in [0.25, 0.3) is 0 Å². The number of carbonyl (C=O) groups excluding carboxylic acids is 1. The topological polar surface area (TPSA) is 89.0 Å². The Morgan fingerprint density at radius 1 is 1.28 bits per heavy atom. The maximum absolute atomic E-state index is 12.8. The predicted molar refractivity (Wildman–Crippen MR) is 83.9 cm³/mol. The fraction of sp³-hybridized carbons (Fsp3) is 0.267. The van der Waals surface area contributed by atoms with Gasteiger partial charge in [-0.3, -0.25) is 4.79 Å². The highest BCUT2D eigenvalue weighted by atomic mass is 32.2. The molecule has 2 aromatic rings. The fourth-order valence-corrected chi connectivity index (χ4v) is 3.08. The number of aromatic nitrogens is 2. The molecule has 25 heavy (non-hydrogen) atoms. The van der Waals surface area contributed by atoms with E-state index in [2.05, 4.69) is 15.3 Å². The van der Waals surface area contributed by atoms with Crippen LogP contribution in [0, 0.1) is 6.92 Å². The van der Waals surface area contributed by atoms with E-state index in [0.29, 0.717) is 6.07 Å². The number of nitrogens with zero attached hydrogens (tertiary/aromatic N) is 2. The van der Waals surface area contributed by atoms with E-state index in [0.717, 1.165) is 6.07 Å². The van der Waals surface area contributed by atoms with Crippen LogP contribution in [0.3, 0.4) is 0 Å². The van der Waals surface area contributed by atoms with Crippen LogP contribution in [-0.2, 0) is 16.0 Å². The molecule has 0 atom stereocenters. The summed E-state index contributed by atoms with van der Waals surface area (Å²) in [6, 6.07) is 4.07. The Morgan fingerprint density at radius 3 is 2.56 bits per heavy atom. The average molecular weight is 373 g/mol. The van der Waals surface area contributed by atoms with E-state index < -0.39 is 33.2 Å². The van der Waals surface area contributed by atoms with E-state index in [1.54, 1.807) is 0 Å². The molecule has 0 aliphatic heterocycles. The molecule has 134 valence electrons. The van der Waals surface area contributed by atoms with Crippen molar-refractivity contribution in [2.75, 3.05) is 11.1 Å². The first-order valence-corrected chi connectivity index (χ1v) is 8.75. The minimum atomic E-state index is -4.60. The zero-order chi connectivity index (χ0) is 18.8. The second kappa shape index (κ2) is 6.79. The molecule has 0 radical (unpaired) electrons. The van der Waals surface area contributed by atoms with Gasteiger partial charge in [0.15, 0.2) is 9.84 Å². The first kappa shape index (κ1) is 18.8. The SMILES string of the molecule is CCS(=O)(=O)c1cccnc1C(=O)Nc1cc(C(F)(F)F)cc(C)n1. The van der Waals surface area contributed by atoms with Crippen molar-refractivity contribution in [2.45, 2.75) is 24.9 Å². The standard InChI is InChI=1S/C15H14F3N3O3S/c1-3-25(23,24)11-5-4-6-19-13(11)14(22)21-12-8-10(15(16,17)18)7-9(2)20-12/h4-8H,3H2,1-2H3,(H,20,21,22). The summed E-state index contributed by atoms with van der Waals surface area (Å²) in [5.74, 6) is -1.55. The minimum absolute atomic E-state index is 0.0487. The number of hydrogen-bond acceptors (Lipinski definition) is 5. The van der Waals surface area contributed by atoms with Crippen molar-refractivity contribution in [3.8, 4) is 0 Å². The number of pyridine rings is 2. The van der Waals surface area contributed by atoms with E-state index in [-0.39, 0.29) is 22.2 Å². The Morgan fingerprint density at radius 2 is 1.96 bits per heavy atom. The van der Waals surface area contributed by atoms with Gasteiger partial charge in [-0.2, -0.15) is 13.2 Å². The normalized spacial score (nSPS) is 12.0. The van der Waals surface area contributed by atoms with Crippen molar-refractivity contribution in [3.05, 3.63) is 47.4 Å². The van der Waals surface area contributed by atoms with E-state index in [1.807, 2.05) is 0 Å². The smallest absolute Gasteiger partial charge is 0.305 e. The lowest BCUT2D eigenvalue weighted by molar-refractivity contribution is -0.137. The highest BCUT2D eigenvalue weighted by molar-refractivity contribution is 7.91. The number of rotatable bonds is 4. The number of halogens is 3. The van der Waals surface area contributed by atoms with Crippen LogP contribution in [0.1, 0.15) is 28.7 Å². The van der Waals surface area contributed by atoms with Crippen molar-refractivity contribution in [1.29, 1.82) is 0 Å². The molecule has 0 bridgehead atoms. The molecule has 0 aromatic carbocycles. The van der Waals surface area contributed by atoms with Gasteiger partial charge in [0.25, 0.3) is 5.91 Å². The molecular weight excluding hydrogens is 359 g/mol. The molecular formula is C15H14F3N3O3S. The molecule has 1 N–H and O–H groups in total. The van der Waals surface area contributed by atoms with Gasteiger partial charge in [0.2, 0.25) is 0 Å². The summed E-state index contributed by atoms with van der Waals surface area (Å²) >= 11 is 0. The molecule has 1 amide bonds. The number of sulfone groups is 1. The number of anilines is 1. The van der Waals surface area contributed by atoms with E-state index in [9.17, 15) is 26.4 Å². The molecule has 0 aliphatic rings. The third-order valence-electron chi connectivity index (χ3n) is 3.22. The molecule has 0 saturated heterocycles. The van der Waals surface area contributed by atoms with Crippen molar-refractivity contribution < 1.29 is 26.4 Å². The molecule has 0 fully saturated rings. The van der Waals surface area contributed by atoms with Gasteiger partial charge in [0, 0.05) is 11.9 Å². The number of amides is 1. The van der Waals surface area contributed by atoms with Gasteiger partial charge in [-0.15, -0.1) is 0 Å². The van der Waals surface area contributed by atoms with Crippen molar-refractivity contribution >= 4 is 21.6 Å². The first-order chi connectivity index (χ1) is 11.5. The van der Waals surface area contributed by atoms with Crippen LogP contribution in [0.5, 0.6) is 0 Å². The first-order valence-electron chi connectivity index (χ1n) is 7.09. The third-order valence-corrected chi connectivity index (χ3v) is 4.98. The van der Waals surface area contributed by atoms with Crippen molar-refractivity contribution in [1.82, 2.24) is 9.97 Å². The zero-order valence-corrected chi connectivity index (χ0v) is 14.1. The zero-order valence-electron chi connectivity index (χ0n) is 13.3. The lowest BCUT2D eigenvalue weighted by Crippen LogP contribution is -2.20. The highest BCUT2D eigenvalue weighted by Crippen LogP contribution is 2.31. The molecule has 0 unspecified atom stereocenters.